The number of nitrogens with zero attached hydrogens (tertiary/aromatic N) is 1. The summed E-state index contributed by atoms with van der Waals surface area (Å²) in [6, 6.07) is 3.88. The predicted octanol–water partition coefficient (Wildman–Crippen LogP) is 2.61. The smallest absolute Gasteiger partial charge is 0.0962 e. The van der Waals surface area contributed by atoms with Gasteiger partial charge in [-0.15, -0.1) is 0 Å². The van der Waals surface area contributed by atoms with Crippen LogP contribution in [0.25, 0.3) is 0 Å². The molecule has 1 aromatic heterocycles. The normalized spacial score (nSPS) is 12.8. The summed E-state index contributed by atoms with van der Waals surface area (Å²) in [5.41, 5.74) is 1.90. The van der Waals surface area contributed by atoms with E-state index in [-0.39, 0.29) is 6.10 Å². The second kappa shape index (κ2) is 4.97. The van der Waals surface area contributed by atoms with Crippen molar-refractivity contribution in [1.82, 2.24) is 4.98 Å². The molecule has 0 bridgehead atoms. The molecule has 1 atom stereocenters. The molecule has 0 saturated carbocycles. The van der Waals surface area contributed by atoms with Crippen molar-refractivity contribution in [3.05, 3.63) is 29.6 Å². The van der Waals surface area contributed by atoms with Crippen LogP contribution in [0.2, 0.25) is 0 Å². The zero-order chi connectivity index (χ0) is 9.68. The zero-order valence-electron chi connectivity index (χ0n) is 8.33. The van der Waals surface area contributed by atoms with Gasteiger partial charge in [-0.3, -0.25) is 4.98 Å². The third-order valence-electron chi connectivity index (χ3n) is 2.20. The molecule has 1 heterocycles. The first-order chi connectivity index (χ1) is 6.25. The van der Waals surface area contributed by atoms with Gasteiger partial charge in [0.2, 0.25) is 0 Å². The lowest BCUT2D eigenvalue weighted by atomic mass is 10.1. The number of hydrogen-bond acceptors (Lipinski definition) is 2. The second-order valence-electron chi connectivity index (χ2n) is 3.36. The quantitative estimate of drug-likeness (QED) is 0.770. The van der Waals surface area contributed by atoms with Crippen molar-refractivity contribution in [2.45, 2.75) is 39.2 Å². The van der Waals surface area contributed by atoms with E-state index in [1.165, 1.54) is 0 Å². The molecule has 0 aromatic carbocycles. The Morgan fingerprint density at radius 3 is 2.92 bits per heavy atom. The van der Waals surface area contributed by atoms with Gasteiger partial charge in [0.05, 0.1) is 11.8 Å². The van der Waals surface area contributed by atoms with Crippen molar-refractivity contribution in [3.8, 4) is 0 Å². The number of aliphatic hydroxyl groups excluding tert-OH is 1. The van der Waals surface area contributed by atoms with Crippen molar-refractivity contribution in [2.75, 3.05) is 0 Å². The molecule has 0 spiro atoms. The molecule has 1 rings (SSSR count). The van der Waals surface area contributed by atoms with Crippen LogP contribution < -0.4 is 0 Å². The summed E-state index contributed by atoms with van der Waals surface area (Å²) >= 11 is 0. The Kier molecular flexibility index (Phi) is 3.90. The first-order valence-corrected chi connectivity index (χ1v) is 4.85. The summed E-state index contributed by atoms with van der Waals surface area (Å²) in [5, 5.41) is 9.77. The molecule has 0 amide bonds. The Morgan fingerprint density at radius 1 is 1.54 bits per heavy atom. The molecule has 0 aliphatic heterocycles. The molecule has 0 radical (unpaired) electrons. The van der Waals surface area contributed by atoms with Gasteiger partial charge in [0, 0.05) is 6.20 Å². The Morgan fingerprint density at radius 2 is 2.31 bits per heavy atom. The Bertz CT molecular complexity index is 260. The zero-order valence-corrected chi connectivity index (χ0v) is 8.33. The number of aliphatic hydroxyl groups is 1. The van der Waals surface area contributed by atoms with Gasteiger partial charge in [-0.05, 0) is 25.0 Å². The number of pyridine rings is 1. The Balaban J connectivity index is 2.65. The fraction of sp³-hybridized carbons (Fsp3) is 0.545. The largest absolute Gasteiger partial charge is 0.387 e. The van der Waals surface area contributed by atoms with E-state index in [4.69, 9.17) is 0 Å². The Labute approximate surface area is 79.6 Å². The molecular weight excluding hydrogens is 162 g/mol. The maximum absolute atomic E-state index is 9.77. The van der Waals surface area contributed by atoms with Crippen molar-refractivity contribution >= 4 is 0 Å². The van der Waals surface area contributed by atoms with Crippen LogP contribution in [-0.4, -0.2) is 10.1 Å². The van der Waals surface area contributed by atoms with Gasteiger partial charge >= 0.3 is 0 Å². The number of aryl methyl sites for hydroxylation is 1. The first-order valence-electron chi connectivity index (χ1n) is 4.85. The van der Waals surface area contributed by atoms with Crippen LogP contribution in [-0.2, 0) is 0 Å². The molecule has 1 aromatic rings. The first kappa shape index (κ1) is 10.2. The highest BCUT2D eigenvalue weighted by Crippen LogP contribution is 2.19. The third-order valence-corrected chi connectivity index (χ3v) is 2.20. The summed E-state index contributed by atoms with van der Waals surface area (Å²) in [6.45, 7) is 4.11. The number of hydrogen-bond donors (Lipinski definition) is 1. The number of unbranched alkanes of at least 4 members (excludes halogenated alkanes) is 1. The van der Waals surface area contributed by atoms with E-state index in [9.17, 15) is 5.11 Å². The monoisotopic (exact) mass is 179 g/mol. The van der Waals surface area contributed by atoms with Gasteiger partial charge in [0.25, 0.3) is 0 Å². The standard InChI is InChI=1S/C11H17NO/c1-3-4-7-10(13)11-9(2)6-5-8-12-11/h5-6,8,10,13H,3-4,7H2,1-2H3. The highest BCUT2D eigenvalue weighted by atomic mass is 16.3. The van der Waals surface area contributed by atoms with E-state index < -0.39 is 0 Å². The average molecular weight is 179 g/mol. The summed E-state index contributed by atoms with van der Waals surface area (Å²) in [6.07, 6.45) is 4.33. The van der Waals surface area contributed by atoms with Crippen LogP contribution in [0.3, 0.4) is 0 Å². The molecule has 2 heteroatoms. The van der Waals surface area contributed by atoms with Crippen molar-refractivity contribution < 1.29 is 5.11 Å². The van der Waals surface area contributed by atoms with Gasteiger partial charge in [-0.2, -0.15) is 0 Å². The van der Waals surface area contributed by atoms with Crippen molar-refractivity contribution in [2.24, 2.45) is 0 Å². The second-order valence-corrected chi connectivity index (χ2v) is 3.36. The number of aromatic nitrogens is 1. The van der Waals surface area contributed by atoms with Crippen molar-refractivity contribution in [1.29, 1.82) is 0 Å². The van der Waals surface area contributed by atoms with Gasteiger partial charge in [0.1, 0.15) is 0 Å². The lowest BCUT2D eigenvalue weighted by Gasteiger charge is -2.11. The maximum Gasteiger partial charge on any atom is 0.0962 e. The van der Waals surface area contributed by atoms with Crippen molar-refractivity contribution in [3.63, 3.8) is 0 Å². The summed E-state index contributed by atoms with van der Waals surface area (Å²) in [5.74, 6) is 0. The minimum atomic E-state index is -0.388. The molecule has 13 heavy (non-hydrogen) atoms. The topological polar surface area (TPSA) is 33.1 Å². The molecule has 1 unspecified atom stereocenters. The van der Waals surface area contributed by atoms with Gasteiger partial charge < -0.3 is 5.11 Å². The summed E-state index contributed by atoms with van der Waals surface area (Å²) in [7, 11) is 0. The SMILES string of the molecule is CCCCC(O)c1ncccc1C. The fourth-order valence-corrected chi connectivity index (χ4v) is 1.38. The van der Waals surface area contributed by atoms with E-state index in [2.05, 4.69) is 11.9 Å². The molecule has 72 valence electrons. The molecule has 1 N–H and O–H groups in total. The van der Waals surface area contributed by atoms with Crippen LogP contribution >= 0.6 is 0 Å². The highest BCUT2D eigenvalue weighted by Gasteiger charge is 2.09. The van der Waals surface area contributed by atoms with Crippen LogP contribution in [0.4, 0.5) is 0 Å². The van der Waals surface area contributed by atoms with Crippen LogP contribution in [0.15, 0.2) is 18.3 Å². The highest BCUT2D eigenvalue weighted by molar-refractivity contribution is 5.19. The molecule has 0 saturated heterocycles. The average Bonchev–Trinajstić information content (AvgIpc) is 2.15. The van der Waals surface area contributed by atoms with E-state index in [0.717, 1.165) is 30.5 Å². The lowest BCUT2D eigenvalue weighted by Crippen LogP contribution is -2.02. The molecule has 0 fully saturated rings. The third kappa shape index (κ3) is 2.81. The van der Waals surface area contributed by atoms with Gasteiger partial charge in [0.15, 0.2) is 0 Å². The molecule has 0 aliphatic carbocycles. The van der Waals surface area contributed by atoms with Crippen LogP contribution in [0.5, 0.6) is 0 Å². The predicted molar refractivity (Wildman–Crippen MR) is 53.5 cm³/mol. The van der Waals surface area contributed by atoms with E-state index in [1.807, 2.05) is 19.1 Å². The van der Waals surface area contributed by atoms with E-state index in [1.54, 1.807) is 6.20 Å². The lowest BCUT2D eigenvalue weighted by molar-refractivity contribution is 0.159. The molecular formula is C11H17NO. The minimum Gasteiger partial charge on any atom is -0.387 e. The molecule has 2 nitrogen and oxygen atoms in total. The van der Waals surface area contributed by atoms with Gasteiger partial charge in [-0.1, -0.05) is 25.8 Å². The maximum atomic E-state index is 9.77. The molecule has 0 aliphatic rings. The van der Waals surface area contributed by atoms with Crippen LogP contribution in [0.1, 0.15) is 43.5 Å². The van der Waals surface area contributed by atoms with E-state index >= 15 is 0 Å². The minimum absolute atomic E-state index is 0.388. The van der Waals surface area contributed by atoms with E-state index in [0.29, 0.717) is 0 Å². The Hall–Kier alpha value is -0.890. The van der Waals surface area contributed by atoms with Crippen LogP contribution in [0, 0.1) is 6.92 Å². The van der Waals surface area contributed by atoms with Gasteiger partial charge in [-0.25, -0.2) is 0 Å². The number of rotatable bonds is 4. The fourth-order valence-electron chi connectivity index (χ4n) is 1.38. The summed E-state index contributed by atoms with van der Waals surface area (Å²) < 4.78 is 0. The summed E-state index contributed by atoms with van der Waals surface area (Å²) in [4.78, 5) is 4.18.